The Bertz CT molecular complexity index is 1660. The molecule has 52 heavy (non-hydrogen) atoms. The van der Waals surface area contributed by atoms with Crippen molar-refractivity contribution >= 4 is 0 Å². The molecule has 0 bridgehead atoms. The highest BCUT2D eigenvalue weighted by Gasteiger charge is 2.28. The molecule has 5 rings (SSSR count). The molecule has 0 spiro atoms. The molecule has 0 atom stereocenters. The monoisotopic (exact) mass is 698 g/mol. The maximum atomic E-state index is 11.5. The molecule has 0 aliphatic carbocycles. The number of hydrogen-bond acceptors (Lipinski definition) is 4. The topological polar surface area (TPSA) is 80.9 Å². The molecule has 0 heterocycles. The van der Waals surface area contributed by atoms with Crippen LogP contribution in [0.5, 0.6) is 23.0 Å². The van der Waals surface area contributed by atoms with E-state index >= 15 is 0 Å². The maximum absolute atomic E-state index is 11.5. The lowest BCUT2D eigenvalue weighted by molar-refractivity contribution is 0.458. The molecule has 0 radical (unpaired) electrons. The van der Waals surface area contributed by atoms with Crippen molar-refractivity contribution in [3.8, 4) is 23.0 Å². The summed E-state index contributed by atoms with van der Waals surface area (Å²) in [5, 5.41) is 46.1. The number of rotatable bonds is 18. The van der Waals surface area contributed by atoms with Gasteiger partial charge in [-0.1, -0.05) is 126 Å². The molecule has 0 unspecified atom stereocenters. The van der Waals surface area contributed by atoms with E-state index in [0.29, 0.717) is 0 Å². The van der Waals surface area contributed by atoms with Gasteiger partial charge in [0.05, 0.1) is 0 Å². The van der Waals surface area contributed by atoms with Crippen LogP contribution >= 0.6 is 0 Å². The lowest BCUT2D eigenvalue weighted by Crippen LogP contribution is -2.10. The number of benzene rings is 5. The summed E-state index contributed by atoms with van der Waals surface area (Å²) >= 11 is 0. The Morgan fingerprint density at radius 1 is 0.365 bits per heavy atom. The van der Waals surface area contributed by atoms with E-state index in [1.165, 1.54) is 0 Å². The van der Waals surface area contributed by atoms with Crippen LogP contribution in [0.3, 0.4) is 0 Å². The molecule has 5 aromatic carbocycles. The van der Waals surface area contributed by atoms with Crippen LogP contribution < -0.4 is 0 Å². The minimum atomic E-state index is -0.460. The zero-order valence-electron chi connectivity index (χ0n) is 31.7. The lowest BCUT2D eigenvalue weighted by Gasteiger charge is -2.26. The van der Waals surface area contributed by atoms with Crippen LogP contribution in [0.2, 0.25) is 0 Å². The number of hydrogen-bond donors (Lipinski definition) is 4. The highest BCUT2D eigenvalue weighted by molar-refractivity contribution is 5.58. The van der Waals surface area contributed by atoms with Crippen LogP contribution in [0.25, 0.3) is 0 Å². The summed E-state index contributed by atoms with van der Waals surface area (Å²) < 4.78 is 0. The molecule has 0 saturated heterocycles. The molecule has 4 N–H and O–H groups in total. The molecule has 0 amide bonds. The third-order valence-electron chi connectivity index (χ3n) is 10.5. The third-order valence-corrected chi connectivity index (χ3v) is 10.5. The zero-order valence-corrected chi connectivity index (χ0v) is 31.7. The molecule has 0 aromatic heterocycles. The van der Waals surface area contributed by atoms with Crippen molar-refractivity contribution in [2.75, 3.05) is 0 Å². The first-order chi connectivity index (χ1) is 25.3. The van der Waals surface area contributed by atoms with Crippen molar-refractivity contribution in [2.45, 2.75) is 117 Å². The summed E-state index contributed by atoms with van der Waals surface area (Å²) in [4.78, 5) is 0. The van der Waals surface area contributed by atoms with Crippen LogP contribution in [-0.2, 0) is 25.7 Å². The van der Waals surface area contributed by atoms with Gasteiger partial charge in [0.15, 0.2) is 0 Å². The van der Waals surface area contributed by atoms with E-state index in [4.69, 9.17) is 0 Å². The standard InChI is InChI=1S/C48H58O4/c1-5-9-14-33-20-24-43(49)39(28-33)47(40-29-34(15-10-6-2)21-25-44(40)50)37-18-13-19-38(32-37)48(41-30-35(16-11-7-3)22-26-45(41)51)42-31-36(17-12-8-4)23-27-46(42)52/h13,18-32,47-52H,5-12,14-17H2,1-4H3. The normalized spacial score (nSPS) is 11.5. The average molecular weight is 699 g/mol. The van der Waals surface area contributed by atoms with Crippen molar-refractivity contribution in [2.24, 2.45) is 0 Å². The Morgan fingerprint density at radius 2 is 0.635 bits per heavy atom. The van der Waals surface area contributed by atoms with Gasteiger partial charge in [-0.05, 0) is 109 Å². The second-order valence-corrected chi connectivity index (χ2v) is 14.5. The number of aryl methyl sites for hydroxylation is 4. The van der Waals surface area contributed by atoms with E-state index in [-0.39, 0.29) is 23.0 Å². The average Bonchev–Trinajstić information content (AvgIpc) is 3.15. The zero-order chi connectivity index (χ0) is 37.0. The van der Waals surface area contributed by atoms with E-state index in [9.17, 15) is 20.4 Å². The fraction of sp³-hybridized carbons (Fsp3) is 0.375. The van der Waals surface area contributed by atoms with E-state index in [1.807, 2.05) is 30.3 Å². The van der Waals surface area contributed by atoms with Gasteiger partial charge in [0.2, 0.25) is 0 Å². The van der Waals surface area contributed by atoms with Crippen molar-refractivity contribution < 1.29 is 20.4 Å². The summed E-state index contributed by atoms with van der Waals surface area (Å²) in [6.07, 6.45) is 12.1. The first-order valence-corrected chi connectivity index (χ1v) is 19.6. The second kappa shape index (κ2) is 18.7. The number of aromatic hydroxyl groups is 4. The molecular formula is C48H58O4. The van der Waals surface area contributed by atoms with Crippen molar-refractivity contribution in [3.63, 3.8) is 0 Å². The van der Waals surface area contributed by atoms with Gasteiger partial charge < -0.3 is 20.4 Å². The number of phenolic OH excluding ortho intramolecular Hbond substituents is 4. The molecule has 4 heteroatoms. The summed E-state index contributed by atoms with van der Waals surface area (Å²) in [5.74, 6) is -0.169. The van der Waals surface area contributed by atoms with Gasteiger partial charge in [-0.3, -0.25) is 0 Å². The van der Waals surface area contributed by atoms with Crippen LogP contribution in [-0.4, -0.2) is 20.4 Å². The van der Waals surface area contributed by atoms with Crippen LogP contribution in [0.4, 0.5) is 0 Å². The molecule has 0 aliphatic rings. The summed E-state index contributed by atoms with van der Waals surface area (Å²) in [5.41, 5.74) is 9.43. The van der Waals surface area contributed by atoms with Crippen molar-refractivity contribution in [3.05, 3.63) is 153 Å². The van der Waals surface area contributed by atoms with E-state index in [0.717, 1.165) is 133 Å². The van der Waals surface area contributed by atoms with Crippen molar-refractivity contribution in [1.29, 1.82) is 0 Å². The fourth-order valence-corrected chi connectivity index (χ4v) is 7.46. The third kappa shape index (κ3) is 9.39. The Morgan fingerprint density at radius 3 is 0.885 bits per heavy atom. The van der Waals surface area contributed by atoms with Gasteiger partial charge in [0.25, 0.3) is 0 Å². The minimum absolute atomic E-state index is 0.188. The SMILES string of the molecule is CCCCc1ccc(O)c(C(c2cccc(C(c3cc(CCCC)ccc3O)c3cc(CCCC)ccc3O)c2)c2cc(CCCC)ccc2O)c1. The maximum Gasteiger partial charge on any atom is 0.119 e. The highest BCUT2D eigenvalue weighted by atomic mass is 16.3. The Hall–Kier alpha value is -4.70. The van der Waals surface area contributed by atoms with Gasteiger partial charge >= 0.3 is 0 Å². The summed E-state index contributed by atoms with van der Waals surface area (Å²) in [6, 6.07) is 31.9. The molecule has 274 valence electrons. The van der Waals surface area contributed by atoms with Gasteiger partial charge in [0.1, 0.15) is 23.0 Å². The van der Waals surface area contributed by atoms with E-state index in [1.54, 1.807) is 24.3 Å². The fourth-order valence-electron chi connectivity index (χ4n) is 7.46. The molecular weight excluding hydrogens is 641 g/mol. The molecule has 0 saturated carbocycles. The number of phenols is 4. The Balaban J connectivity index is 1.75. The minimum Gasteiger partial charge on any atom is -0.508 e. The molecule has 0 fully saturated rings. The van der Waals surface area contributed by atoms with E-state index < -0.39 is 11.8 Å². The first-order valence-electron chi connectivity index (χ1n) is 19.6. The number of unbranched alkanes of at least 4 members (excludes halogenated alkanes) is 4. The van der Waals surface area contributed by atoms with Crippen LogP contribution in [0, 0.1) is 0 Å². The second-order valence-electron chi connectivity index (χ2n) is 14.5. The predicted octanol–water partition coefficient (Wildman–Crippen LogP) is 12.2. The Labute approximate surface area is 311 Å². The lowest BCUT2D eigenvalue weighted by atomic mass is 9.78. The van der Waals surface area contributed by atoms with Crippen molar-refractivity contribution in [1.82, 2.24) is 0 Å². The van der Waals surface area contributed by atoms with Crippen LogP contribution in [0.15, 0.2) is 97.1 Å². The molecule has 4 nitrogen and oxygen atoms in total. The van der Waals surface area contributed by atoms with Gasteiger partial charge in [-0.25, -0.2) is 0 Å². The first kappa shape index (κ1) is 38.5. The smallest absolute Gasteiger partial charge is 0.119 e. The molecule has 0 aliphatic heterocycles. The van der Waals surface area contributed by atoms with E-state index in [2.05, 4.69) is 70.2 Å². The van der Waals surface area contributed by atoms with Crippen LogP contribution in [0.1, 0.15) is 147 Å². The predicted molar refractivity (Wildman–Crippen MR) is 215 cm³/mol. The summed E-state index contributed by atoms with van der Waals surface area (Å²) in [7, 11) is 0. The quantitative estimate of drug-likeness (QED) is 0.0687. The Kier molecular flexibility index (Phi) is 13.8. The van der Waals surface area contributed by atoms with Gasteiger partial charge in [-0.2, -0.15) is 0 Å². The van der Waals surface area contributed by atoms with Gasteiger partial charge in [0, 0.05) is 34.1 Å². The van der Waals surface area contributed by atoms with Gasteiger partial charge in [-0.15, -0.1) is 0 Å². The largest absolute Gasteiger partial charge is 0.508 e. The summed E-state index contributed by atoms with van der Waals surface area (Å²) in [6.45, 7) is 8.72. The highest BCUT2D eigenvalue weighted by Crippen LogP contribution is 2.45. The molecule has 5 aromatic rings.